The minimum atomic E-state index is -3.67. The number of rotatable bonds is 6. The lowest BCUT2D eigenvalue weighted by Gasteiger charge is -2.16. The van der Waals surface area contributed by atoms with Crippen LogP contribution in [-0.4, -0.2) is 53.1 Å². The maximum absolute atomic E-state index is 12.5. The van der Waals surface area contributed by atoms with Crippen LogP contribution in [0, 0.1) is 0 Å². The first-order valence-electron chi connectivity index (χ1n) is 6.26. The van der Waals surface area contributed by atoms with Crippen molar-refractivity contribution in [3.8, 4) is 11.5 Å². The molecular formula is C13H17NO6S. The molecule has 0 spiro atoms. The van der Waals surface area contributed by atoms with E-state index in [4.69, 9.17) is 9.47 Å². The molecule has 0 aliphatic carbocycles. The fourth-order valence-corrected chi connectivity index (χ4v) is 3.64. The van der Waals surface area contributed by atoms with Crippen LogP contribution >= 0.6 is 0 Å². The van der Waals surface area contributed by atoms with E-state index in [1.54, 1.807) is 0 Å². The highest BCUT2D eigenvalue weighted by atomic mass is 32.2. The summed E-state index contributed by atoms with van der Waals surface area (Å²) >= 11 is 0. The minimum Gasteiger partial charge on any atom is -0.497 e. The molecule has 1 fully saturated rings. The van der Waals surface area contributed by atoms with Gasteiger partial charge in [-0.2, -0.15) is 4.31 Å². The lowest BCUT2D eigenvalue weighted by Crippen LogP contribution is -2.17. The van der Waals surface area contributed by atoms with Gasteiger partial charge in [-0.25, -0.2) is 8.42 Å². The Bertz CT molecular complexity index is 651. The van der Waals surface area contributed by atoms with Crippen LogP contribution in [0.4, 0.5) is 0 Å². The number of carbonyl (C=O) groups excluding carboxylic acids is 1. The van der Waals surface area contributed by atoms with Gasteiger partial charge in [-0.05, 0) is 11.6 Å². The summed E-state index contributed by atoms with van der Waals surface area (Å²) < 4.78 is 41.2. The molecule has 0 radical (unpaired) electrons. The number of benzene rings is 1. The Morgan fingerprint density at radius 1 is 1.19 bits per heavy atom. The molecule has 0 atom stereocenters. The quantitative estimate of drug-likeness (QED) is 0.559. The summed E-state index contributed by atoms with van der Waals surface area (Å²) in [5, 5.41) is 0. The topological polar surface area (TPSA) is 81.9 Å². The third-order valence-corrected chi connectivity index (χ3v) is 5.15. The van der Waals surface area contributed by atoms with Crippen molar-refractivity contribution in [1.29, 1.82) is 0 Å². The second-order valence-corrected chi connectivity index (χ2v) is 6.35. The first-order valence-corrected chi connectivity index (χ1v) is 7.70. The molecule has 0 N–H and O–H groups in total. The molecule has 1 saturated heterocycles. The zero-order valence-corrected chi connectivity index (χ0v) is 12.9. The van der Waals surface area contributed by atoms with E-state index in [1.807, 2.05) is 0 Å². The molecule has 2 rings (SSSR count). The lowest BCUT2D eigenvalue weighted by atomic mass is 10.1. The van der Waals surface area contributed by atoms with Gasteiger partial charge in [0.25, 0.3) is 0 Å². The molecule has 116 valence electrons. The third kappa shape index (κ3) is 3.11. The van der Waals surface area contributed by atoms with Crippen molar-refractivity contribution >= 4 is 16.0 Å². The zero-order chi connectivity index (χ0) is 15.6. The number of hydrogen-bond donors (Lipinski definition) is 0. The van der Waals surface area contributed by atoms with Gasteiger partial charge in [0, 0.05) is 19.2 Å². The molecule has 0 saturated carbocycles. The molecule has 1 aliphatic rings. The minimum absolute atomic E-state index is 0.00583. The number of hydrogen-bond acceptors (Lipinski definition) is 6. The van der Waals surface area contributed by atoms with Crippen LogP contribution in [0.5, 0.6) is 11.5 Å². The predicted octanol–water partition coefficient (Wildman–Crippen LogP) is 0.424. The summed E-state index contributed by atoms with van der Waals surface area (Å²) in [6.45, 7) is 0.935. The summed E-state index contributed by atoms with van der Waals surface area (Å²) in [6.07, 6.45) is -0.174. The first-order chi connectivity index (χ1) is 9.93. The molecule has 0 bridgehead atoms. The molecule has 7 nitrogen and oxygen atoms in total. The average Bonchev–Trinajstić information content (AvgIpc) is 3.30. The molecule has 8 heteroatoms. The summed E-state index contributed by atoms with van der Waals surface area (Å²) in [5.74, 6) is 0.0307. The predicted molar refractivity (Wildman–Crippen MR) is 74.0 cm³/mol. The van der Waals surface area contributed by atoms with Gasteiger partial charge in [-0.1, -0.05) is 0 Å². The van der Waals surface area contributed by atoms with Crippen molar-refractivity contribution in [2.24, 2.45) is 0 Å². The molecule has 1 aromatic rings. The summed E-state index contributed by atoms with van der Waals surface area (Å²) in [6, 6.07) is 2.99. The van der Waals surface area contributed by atoms with Crippen molar-refractivity contribution in [1.82, 2.24) is 4.31 Å². The van der Waals surface area contributed by atoms with Gasteiger partial charge in [-0.3, -0.25) is 4.79 Å². The fourth-order valence-electron chi connectivity index (χ4n) is 1.96. The van der Waals surface area contributed by atoms with Crippen LogP contribution in [0.1, 0.15) is 5.56 Å². The van der Waals surface area contributed by atoms with Crippen LogP contribution in [0.15, 0.2) is 17.0 Å². The Hall–Kier alpha value is -1.80. The van der Waals surface area contributed by atoms with E-state index in [0.29, 0.717) is 24.4 Å². The molecular weight excluding hydrogens is 298 g/mol. The Morgan fingerprint density at radius 3 is 2.33 bits per heavy atom. The Labute approximate surface area is 123 Å². The van der Waals surface area contributed by atoms with Crippen molar-refractivity contribution < 1.29 is 27.4 Å². The van der Waals surface area contributed by atoms with Crippen LogP contribution < -0.4 is 9.47 Å². The summed E-state index contributed by atoms with van der Waals surface area (Å²) in [7, 11) is 0.402. The zero-order valence-electron chi connectivity index (χ0n) is 12.1. The highest BCUT2D eigenvalue weighted by Gasteiger charge is 2.37. The maximum atomic E-state index is 12.5. The number of carbonyl (C=O) groups is 1. The van der Waals surface area contributed by atoms with E-state index < -0.39 is 16.0 Å². The van der Waals surface area contributed by atoms with Gasteiger partial charge < -0.3 is 14.2 Å². The SMILES string of the molecule is COC(=O)Cc1cc(OC)cc(OC)c1S(=O)(=O)N1CC1. The van der Waals surface area contributed by atoms with Gasteiger partial charge in [-0.15, -0.1) is 0 Å². The maximum Gasteiger partial charge on any atom is 0.310 e. The summed E-state index contributed by atoms with van der Waals surface area (Å²) in [4.78, 5) is 11.5. The number of sulfonamides is 1. The molecule has 0 aromatic heterocycles. The van der Waals surface area contributed by atoms with E-state index in [1.165, 1.54) is 37.8 Å². The molecule has 0 unspecified atom stereocenters. The molecule has 0 amide bonds. The van der Waals surface area contributed by atoms with E-state index in [-0.39, 0.29) is 17.1 Å². The van der Waals surface area contributed by atoms with Gasteiger partial charge >= 0.3 is 5.97 Å². The fraction of sp³-hybridized carbons (Fsp3) is 0.462. The number of ether oxygens (including phenoxy) is 3. The van der Waals surface area contributed by atoms with Crippen molar-refractivity contribution in [3.05, 3.63) is 17.7 Å². The Morgan fingerprint density at radius 2 is 1.86 bits per heavy atom. The average molecular weight is 315 g/mol. The Balaban J connectivity index is 2.60. The number of methoxy groups -OCH3 is 3. The normalized spacial score (nSPS) is 14.6. The monoisotopic (exact) mass is 315 g/mol. The highest BCUT2D eigenvalue weighted by molar-refractivity contribution is 7.89. The molecule has 1 aliphatic heterocycles. The lowest BCUT2D eigenvalue weighted by molar-refractivity contribution is -0.139. The smallest absolute Gasteiger partial charge is 0.310 e. The van der Waals surface area contributed by atoms with Crippen molar-refractivity contribution in [2.45, 2.75) is 11.3 Å². The first kappa shape index (κ1) is 15.6. The van der Waals surface area contributed by atoms with Crippen LogP contribution in [0.2, 0.25) is 0 Å². The van der Waals surface area contributed by atoms with E-state index in [9.17, 15) is 13.2 Å². The largest absolute Gasteiger partial charge is 0.497 e. The standard InChI is InChI=1S/C13H17NO6S/c1-18-10-6-9(7-12(15)20-3)13(11(8-10)19-2)21(16,17)14-4-5-14/h6,8H,4-5,7H2,1-3H3. The third-order valence-electron chi connectivity index (χ3n) is 3.13. The Kier molecular flexibility index (Phi) is 4.38. The van der Waals surface area contributed by atoms with E-state index >= 15 is 0 Å². The number of nitrogens with zero attached hydrogens (tertiary/aromatic N) is 1. The number of esters is 1. The molecule has 1 heterocycles. The van der Waals surface area contributed by atoms with Crippen molar-refractivity contribution in [3.63, 3.8) is 0 Å². The molecule has 21 heavy (non-hydrogen) atoms. The second-order valence-electron chi connectivity index (χ2n) is 4.47. The van der Waals surface area contributed by atoms with Gasteiger partial charge in [0.1, 0.15) is 16.4 Å². The van der Waals surface area contributed by atoms with Crippen LogP contribution in [0.3, 0.4) is 0 Å². The van der Waals surface area contributed by atoms with E-state index in [2.05, 4.69) is 4.74 Å². The van der Waals surface area contributed by atoms with Crippen LogP contribution in [0.25, 0.3) is 0 Å². The van der Waals surface area contributed by atoms with Crippen LogP contribution in [-0.2, 0) is 26.0 Å². The second kappa shape index (κ2) is 5.90. The van der Waals surface area contributed by atoms with Gasteiger partial charge in [0.2, 0.25) is 10.0 Å². The molecule has 1 aromatic carbocycles. The highest BCUT2D eigenvalue weighted by Crippen LogP contribution is 2.36. The van der Waals surface area contributed by atoms with Gasteiger partial charge in [0.05, 0.1) is 27.8 Å². The summed E-state index contributed by atoms with van der Waals surface area (Å²) in [5.41, 5.74) is 0.296. The van der Waals surface area contributed by atoms with E-state index in [0.717, 1.165) is 0 Å². The van der Waals surface area contributed by atoms with Crippen molar-refractivity contribution in [2.75, 3.05) is 34.4 Å². The van der Waals surface area contributed by atoms with Gasteiger partial charge in [0.15, 0.2) is 0 Å².